The quantitative estimate of drug-likeness (QED) is 0.761. The second-order valence-electron chi connectivity index (χ2n) is 5.98. The van der Waals surface area contributed by atoms with Crippen molar-refractivity contribution < 1.29 is 19.4 Å². The molecule has 8 nitrogen and oxygen atoms in total. The average Bonchev–Trinajstić information content (AvgIpc) is 2.68. The number of carbonyl (C=O) groups is 1. The van der Waals surface area contributed by atoms with Crippen molar-refractivity contribution in [3.63, 3.8) is 0 Å². The summed E-state index contributed by atoms with van der Waals surface area (Å²) in [5, 5.41) is 10.8. The number of aromatic nitrogens is 2. The first kappa shape index (κ1) is 17.4. The highest BCUT2D eigenvalue weighted by Crippen LogP contribution is 2.39. The van der Waals surface area contributed by atoms with Crippen LogP contribution in [0.2, 0.25) is 0 Å². The van der Waals surface area contributed by atoms with Gasteiger partial charge in [0.05, 0.1) is 6.10 Å². The standard InChI is InChI=1S/C15H23N3O5/c1-4-5-6-11(19)23-12-9(2)22-13(15(12,3)21)18-8-7-10(16)17-14(18)20/h7-9,12-13,21H,4-6H2,1-3H3,(H2,16,17,20)/t9-,12-,13-,15-/m1/s1. The Balaban J connectivity index is 2.22. The number of hydrogen-bond acceptors (Lipinski definition) is 7. The summed E-state index contributed by atoms with van der Waals surface area (Å²) in [6.07, 6.45) is 0.820. The number of nitrogen functional groups attached to an aromatic ring is 1. The minimum absolute atomic E-state index is 0.0829. The molecule has 128 valence electrons. The molecule has 4 atom stereocenters. The monoisotopic (exact) mass is 325 g/mol. The molecule has 0 unspecified atom stereocenters. The van der Waals surface area contributed by atoms with E-state index >= 15 is 0 Å². The fraction of sp³-hybridized carbons (Fsp3) is 0.667. The molecule has 0 aromatic carbocycles. The molecular formula is C15H23N3O5. The number of esters is 1. The number of ether oxygens (including phenoxy) is 2. The molecule has 1 aliphatic heterocycles. The van der Waals surface area contributed by atoms with Crippen LogP contribution in [0.5, 0.6) is 0 Å². The molecule has 2 heterocycles. The molecule has 0 aliphatic carbocycles. The molecular weight excluding hydrogens is 302 g/mol. The molecule has 3 N–H and O–H groups in total. The molecule has 1 aliphatic rings. The lowest BCUT2D eigenvalue weighted by molar-refractivity contribution is -0.163. The van der Waals surface area contributed by atoms with E-state index in [1.54, 1.807) is 6.92 Å². The van der Waals surface area contributed by atoms with Crippen LogP contribution in [0.25, 0.3) is 0 Å². The van der Waals surface area contributed by atoms with E-state index in [4.69, 9.17) is 15.2 Å². The first-order valence-corrected chi connectivity index (χ1v) is 7.69. The lowest BCUT2D eigenvalue weighted by Crippen LogP contribution is -2.47. The SMILES string of the molecule is CCCCC(=O)O[C@@H]1[C@@H](C)O[C@@H](n2ccc(N)nc2=O)[C@]1(C)O. The maximum absolute atomic E-state index is 12.0. The van der Waals surface area contributed by atoms with Gasteiger partial charge in [-0.25, -0.2) is 4.79 Å². The van der Waals surface area contributed by atoms with Crippen molar-refractivity contribution in [3.8, 4) is 0 Å². The first-order valence-electron chi connectivity index (χ1n) is 7.69. The number of carbonyl (C=O) groups excluding carboxylic acids is 1. The topological polar surface area (TPSA) is 117 Å². The summed E-state index contributed by atoms with van der Waals surface area (Å²) in [4.78, 5) is 27.4. The van der Waals surface area contributed by atoms with Crippen molar-refractivity contribution in [2.75, 3.05) is 5.73 Å². The van der Waals surface area contributed by atoms with Gasteiger partial charge >= 0.3 is 11.7 Å². The predicted octanol–water partition coefficient (Wildman–Crippen LogP) is 0.596. The lowest BCUT2D eigenvalue weighted by atomic mass is 9.96. The molecule has 23 heavy (non-hydrogen) atoms. The molecule has 0 spiro atoms. The molecule has 1 fully saturated rings. The van der Waals surface area contributed by atoms with Gasteiger partial charge < -0.3 is 20.3 Å². The highest BCUT2D eigenvalue weighted by Gasteiger charge is 2.54. The molecule has 1 aromatic rings. The van der Waals surface area contributed by atoms with Crippen LogP contribution in [0.4, 0.5) is 5.82 Å². The maximum atomic E-state index is 12.0. The van der Waals surface area contributed by atoms with E-state index in [0.717, 1.165) is 11.0 Å². The summed E-state index contributed by atoms with van der Waals surface area (Å²) >= 11 is 0. The Kier molecular flexibility index (Phi) is 5.06. The maximum Gasteiger partial charge on any atom is 0.351 e. The summed E-state index contributed by atoms with van der Waals surface area (Å²) in [6.45, 7) is 5.13. The van der Waals surface area contributed by atoms with Gasteiger partial charge in [0.2, 0.25) is 0 Å². The normalized spacial score (nSPS) is 30.3. The van der Waals surface area contributed by atoms with Crippen molar-refractivity contribution in [2.24, 2.45) is 0 Å². The van der Waals surface area contributed by atoms with E-state index in [9.17, 15) is 14.7 Å². The fourth-order valence-corrected chi connectivity index (χ4v) is 2.72. The minimum atomic E-state index is -1.57. The van der Waals surface area contributed by atoms with Crippen LogP contribution < -0.4 is 11.4 Å². The molecule has 2 rings (SSSR count). The number of anilines is 1. The summed E-state index contributed by atoms with van der Waals surface area (Å²) in [7, 11) is 0. The second kappa shape index (κ2) is 6.67. The zero-order chi connectivity index (χ0) is 17.2. The summed E-state index contributed by atoms with van der Waals surface area (Å²) in [6, 6.07) is 1.44. The number of unbranched alkanes of at least 4 members (excludes halogenated alkanes) is 1. The van der Waals surface area contributed by atoms with Gasteiger partial charge in [-0.3, -0.25) is 9.36 Å². The van der Waals surface area contributed by atoms with E-state index < -0.39 is 35.7 Å². The van der Waals surface area contributed by atoms with Gasteiger partial charge in [0, 0.05) is 12.6 Å². The van der Waals surface area contributed by atoms with Gasteiger partial charge in [0.25, 0.3) is 0 Å². The number of nitrogens with zero attached hydrogens (tertiary/aromatic N) is 2. The van der Waals surface area contributed by atoms with E-state index in [1.165, 1.54) is 19.2 Å². The Labute approximate surface area is 134 Å². The highest BCUT2D eigenvalue weighted by atomic mass is 16.6. The average molecular weight is 325 g/mol. The first-order chi connectivity index (χ1) is 10.8. The molecule has 8 heteroatoms. The van der Waals surface area contributed by atoms with Crippen LogP contribution in [0.15, 0.2) is 17.1 Å². The van der Waals surface area contributed by atoms with Gasteiger partial charge in [0.1, 0.15) is 11.4 Å². The largest absolute Gasteiger partial charge is 0.456 e. The fourth-order valence-electron chi connectivity index (χ4n) is 2.72. The summed E-state index contributed by atoms with van der Waals surface area (Å²) in [5.41, 5.74) is 3.26. The van der Waals surface area contributed by atoms with Gasteiger partial charge in [-0.1, -0.05) is 13.3 Å². The second-order valence-corrected chi connectivity index (χ2v) is 5.98. The van der Waals surface area contributed by atoms with Gasteiger partial charge in [-0.15, -0.1) is 0 Å². The Morgan fingerprint density at radius 2 is 2.30 bits per heavy atom. The molecule has 0 saturated carbocycles. The number of rotatable bonds is 5. The van der Waals surface area contributed by atoms with Crippen LogP contribution >= 0.6 is 0 Å². The van der Waals surface area contributed by atoms with Crippen LogP contribution in [0.3, 0.4) is 0 Å². The Bertz CT molecular complexity index is 628. The Morgan fingerprint density at radius 3 is 2.91 bits per heavy atom. The van der Waals surface area contributed by atoms with E-state index in [2.05, 4.69) is 4.98 Å². The highest BCUT2D eigenvalue weighted by molar-refractivity contribution is 5.69. The van der Waals surface area contributed by atoms with Crippen molar-refractivity contribution in [2.45, 2.75) is 64.1 Å². The zero-order valence-corrected chi connectivity index (χ0v) is 13.6. The van der Waals surface area contributed by atoms with E-state index in [-0.39, 0.29) is 12.2 Å². The van der Waals surface area contributed by atoms with E-state index in [1.807, 2.05) is 6.92 Å². The summed E-state index contributed by atoms with van der Waals surface area (Å²) < 4.78 is 12.2. The van der Waals surface area contributed by atoms with Crippen molar-refractivity contribution in [1.82, 2.24) is 9.55 Å². The molecule has 1 aromatic heterocycles. The van der Waals surface area contributed by atoms with E-state index in [0.29, 0.717) is 6.42 Å². The summed E-state index contributed by atoms with van der Waals surface area (Å²) in [5.74, 6) is -0.310. The number of aliphatic hydroxyl groups is 1. The van der Waals surface area contributed by atoms with Crippen molar-refractivity contribution in [3.05, 3.63) is 22.7 Å². The number of nitrogens with two attached hydrogens (primary N) is 1. The van der Waals surface area contributed by atoms with Crippen molar-refractivity contribution >= 4 is 11.8 Å². The Morgan fingerprint density at radius 1 is 1.61 bits per heavy atom. The lowest BCUT2D eigenvalue weighted by Gasteiger charge is -2.29. The molecule has 0 amide bonds. The molecule has 0 radical (unpaired) electrons. The third-order valence-electron chi connectivity index (χ3n) is 3.94. The van der Waals surface area contributed by atoms with Gasteiger partial charge in [-0.2, -0.15) is 4.98 Å². The van der Waals surface area contributed by atoms with Crippen LogP contribution in [-0.4, -0.2) is 38.4 Å². The Hall–Kier alpha value is -1.93. The molecule has 1 saturated heterocycles. The van der Waals surface area contributed by atoms with Crippen molar-refractivity contribution in [1.29, 1.82) is 0 Å². The third-order valence-corrected chi connectivity index (χ3v) is 3.94. The molecule has 0 bridgehead atoms. The predicted molar refractivity (Wildman–Crippen MR) is 82.5 cm³/mol. The van der Waals surface area contributed by atoms with Gasteiger partial charge in [-0.05, 0) is 26.3 Å². The van der Waals surface area contributed by atoms with Crippen LogP contribution in [-0.2, 0) is 14.3 Å². The third kappa shape index (κ3) is 3.53. The minimum Gasteiger partial charge on any atom is -0.456 e. The van der Waals surface area contributed by atoms with Crippen LogP contribution in [0, 0.1) is 0 Å². The van der Waals surface area contributed by atoms with Crippen LogP contribution in [0.1, 0.15) is 46.3 Å². The smallest absolute Gasteiger partial charge is 0.351 e. The van der Waals surface area contributed by atoms with Gasteiger partial charge in [0.15, 0.2) is 12.3 Å². The zero-order valence-electron chi connectivity index (χ0n) is 13.6. The number of hydrogen-bond donors (Lipinski definition) is 2.